The lowest BCUT2D eigenvalue weighted by molar-refractivity contribution is -0.134. The second-order valence-corrected chi connectivity index (χ2v) is 5.23. The fourth-order valence-electron chi connectivity index (χ4n) is 2.68. The minimum absolute atomic E-state index is 0.00268. The van der Waals surface area contributed by atoms with Crippen molar-refractivity contribution in [3.8, 4) is 0 Å². The first kappa shape index (κ1) is 16.0. The fraction of sp³-hybridized carbons (Fsp3) is 0.857. The van der Waals surface area contributed by atoms with E-state index < -0.39 is 11.9 Å². The first-order chi connectivity index (χ1) is 9.08. The lowest BCUT2D eigenvalue weighted by atomic mass is 9.94. The van der Waals surface area contributed by atoms with E-state index in [1.54, 1.807) is 4.90 Å². The molecule has 2 amide bonds. The van der Waals surface area contributed by atoms with Crippen LogP contribution in [0.15, 0.2) is 0 Å². The lowest BCUT2D eigenvalue weighted by Crippen LogP contribution is -2.49. The Labute approximate surface area is 115 Å². The van der Waals surface area contributed by atoms with Gasteiger partial charge in [0.15, 0.2) is 0 Å². The number of nitrogens with two attached hydrogens (primary N) is 1. The average Bonchev–Trinajstić information content (AvgIpc) is 2.40. The van der Waals surface area contributed by atoms with Crippen molar-refractivity contribution in [3.05, 3.63) is 0 Å². The van der Waals surface area contributed by atoms with Crippen molar-refractivity contribution in [2.75, 3.05) is 13.1 Å². The molecule has 0 bridgehead atoms. The first-order valence-corrected chi connectivity index (χ1v) is 7.41. The molecule has 5 heteroatoms. The van der Waals surface area contributed by atoms with Gasteiger partial charge in [0.2, 0.25) is 11.8 Å². The van der Waals surface area contributed by atoms with Gasteiger partial charge in [-0.3, -0.25) is 9.59 Å². The number of primary amides is 1. The topological polar surface area (TPSA) is 75.4 Å². The fourth-order valence-corrected chi connectivity index (χ4v) is 2.68. The third kappa shape index (κ3) is 5.19. The Hall–Kier alpha value is -1.10. The normalized spacial score (nSPS) is 18.0. The highest BCUT2D eigenvalue weighted by Crippen LogP contribution is 2.18. The highest BCUT2D eigenvalue weighted by Gasteiger charge is 2.25. The summed E-state index contributed by atoms with van der Waals surface area (Å²) in [6, 6.07) is -0.202. The van der Waals surface area contributed by atoms with Gasteiger partial charge in [-0.2, -0.15) is 0 Å². The number of amides is 2. The van der Waals surface area contributed by atoms with Crippen molar-refractivity contribution in [2.24, 2.45) is 5.73 Å². The highest BCUT2D eigenvalue weighted by atomic mass is 16.2. The Morgan fingerprint density at radius 1 is 1.21 bits per heavy atom. The van der Waals surface area contributed by atoms with Gasteiger partial charge in [0, 0.05) is 19.1 Å². The van der Waals surface area contributed by atoms with Crippen LogP contribution in [0.25, 0.3) is 0 Å². The smallest absolute Gasteiger partial charge is 0.235 e. The summed E-state index contributed by atoms with van der Waals surface area (Å²) in [6.45, 7) is 5.22. The molecule has 0 heterocycles. The summed E-state index contributed by atoms with van der Waals surface area (Å²) in [7, 11) is 0. The molecule has 1 unspecified atom stereocenters. The number of carbonyl (C=O) groups is 2. The Bertz CT molecular complexity index is 297. The predicted octanol–water partition coefficient (Wildman–Crippen LogP) is 1.02. The van der Waals surface area contributed by atoms with E-state index in [0.717, 1.165) is 12.8 Å². The van der Waals surface area contributed by atoms with Crippen LogP contribution >= 0.6 is 0 Å². The van der Waals surface area contributed by atoms with E-state index >= 15 is 0 Å². The molecule has 1 aliphatic carbocycles. The van der Waals surface area contributed by atoms with Crippen LogP contribution in [-0.2, 0) is 9.59 Å². The molecule has 0 saturated heterocycles. The third-order valence-electron chi connectivity index (χ3n) is 3.88. The van der Waals surface area contributed by atoms with Gasteiger partial charge in [-0.05, 0) is 26.7 Å². The molecule has 0 radical (unpaired) electrons. The summed E-state index contributed by atoms with van der Waals surface area (Å²) in [6.07, 6.45) is 5.96. The van der Waals surface area contributed by atoms with E-state index in [-0.39, 0.29) is 12.3 Å². The zero-order chi connectivity index (χ0) is 14.3. The minimum atomic E-state index is -0.531. The Morgan fingerprint density at radius 2 is 1.79 bits per heavy atom. The summed E-state index contributed by atoms with van der Waals surface area (Å²) >= 11 is 0. The maximum absolute atomic E-state index is 12.0. The number of rotatable bonds is 7. The minimum Gasteiger partial charge on any atom is -0.368 e. The highest BCUT2D eigenvalue weighted by molar-refractivity contribution is 5.87. The molecule has 1 rings (SSSR count). The van der Waals surface area contributed by atoms with Crippen molar-refractivity contribution < 1.29 is 9.59 Å². The first-order valence-electron chi connectivity index (χ1n) is 7.41. The van der Waals surface area contributed by atoms with Crippen LogP contribution in [0.2, 0.25) is 0 Å². The summed E-state index contributed by atoms with van der Waals surface area (Å²) in [5.41, 5.74) is 5.41. The van der Waals surface area contributed by atoms with Gasteiger partial charge in [0.1, 0.15) is 0 Å². The maximum Gasteiger partial charge on any atom is 0.235 e. The molecule has 0 spiro atoms. The zero-order valence-electron chi connectivity index (χ0n) is 12.2. The molecule has 110 valence electrons. The Morgan fingerprint density at radius 3 is 2.26 bits per heavy atom. The van der Waals surface area contributed by atoms with Crippen LogP contribution in [0.3, 0.4) is 0 Å². The summed E-state index contributed by atoms with van der Waals surface area (Å²) in [4.78, 5) is 25.3. The van der Waals surface area contributed by atoms with Gasteiger partial charge in [0.05, 0.1) is 12.5 Å². The van der Waals surface area contributed by atoms with E-state index in [0.29, 0.717) is 19.1 Å². The van der Waals surface area contributed by atoms with Crippen LogP contribution in [0.4, 0.5) is 0 Å². The van der Waals surface area contributed by atoms with E-state index in [2.05, 4.69) is 5.32 Å². The van der Waals surface area contributed by atoms with Crippen molar-refractivity contribution in [1.82, 2.24) is 10.2 Å². The van der Waals surface area contributed by atoms with Gasteiger partial charge >= 0.3 is 0 Å². The number of nitrogens with one attached hydrogen (secondary N) is 1. The number of hydrogen-bond acceptors (Lipinski definition) is 3. The molecule has 0 aromatic heterocycles. The molecule has 1 saturated carbocycles. The molecule has 0 aliphatic heterocycles. The Kier molecular flexibility index (Phi) is 6.84. The molecular weight excluding hydrogens is 242 g/mol. The quantitative estimate of drug-likeness (QED) is 0.724. The Balaban J connectivity index is 2.52. The van der Waals surface area contributed by atoms with Crippen molar-refractivity contribution in [3.63, 3.8) is 0 Å². The number of hydrogen-bond donors (Lipinski definition) is 2. The van der Waals surface area contributed by atoms with Crippen molar-refractivity contribution >= 4 is 11.8 Å². The predicted molar refractivity (Wildman–Crippen MR) is 75.5 cm³/mol. The van der Waals surface area contributed by atoms with Gasteiger partial charge in [0.25, 0.3) is 0 Å². The van der Waals surface area contributed by atoms with Crippen LogP contribution in [0.1, 0.15) is 52.4 Å². The second-order valence-electron chi connectivity index (χ2n) is 5.23. The van der Waals surface area contributed by atoms with Crippen LogP contribution in [0.5, 0.6) is 0 Å². The number of nitrogens with zero attached hydrogens (tertiary/aromatic N) is 1. The van der Waals surface area contributed by atoms with E-state index in [1.165, 1.54) is 19.3 Å². The molecule has 1 fully saturated rings. The monoisotopic (exact) mass is 269 g/mol. The molecule has 1 aliphatic rings. The van der Waals surface area contributed by atoms with Crippen LogP contribution in [0, 0.1) is 0 Å². The van der Waals surface area contributed by atoms with Gasteiger partial charge in [-0.1, -0.05) is 19.3 Å². The van der Waals surface area contributed by atoms with Crippen LogP contribution < -0.4 is 11.1 Å². The lowest BCUT2D eigenvalue weighted by Gasteiger charge is -2.28. The molecule has 0 aromatic carbocycles. The standard InChI is InChI=1S/C14H27N3O2/c1-3-17(4-2)13(18)10-12(14(15)19)16-11-8-6-5-7-9-11/h11-12,16H,3-10H2,1-2H3,(H2,15,19). The van der Waals surface area contributed by atoms with Crippen molar-refractivity contribution in [1.29, 1.82) is 0 Å². The third-order valence-corrected chi connectivity index (χ3v) is 3.88. The van der Waals surface area contributed by atoms with E-state index in [4.69, 9.17) is 5.73 Å². The SMILES string of the molecule is CCN(CC)C(=O)CC(NC1CCCCC1)C(N)=O. The molecule has 3 N–H and O–H groups in total. The molecule has 0 aromatic rings. The summed E-state index contributed by atoms with van der Waals surface area (Å²) in [5.74, 6) is -0.428. The van der Waals surface area contributed by atoms with Crippen LogP contribution in [-0.4, -0.2) is 41.9 Å². The number of carbonyl (C=O) groups excluding carboxylic acids is 2. The van der Waals surface area contributed by atoms with E-state index in [9.17, 15) is 9.59 Å². The molecule has 19 heavy (non-hydrogen) atoms. The van der Waals surface area contributed by atoms with Gasteiger partial charge in [-0.15, -0.1) is 0 Å². The van der Waals surface area contributed by atoms with Gasteiger partial charge in [-0.25, -0.2) is 0 Å². The van der Waals surface area contributed by atoms with Crippen molar-refractivity contribution in [2.45, 2.75) is 64.5 Å². The zero-order valence-corrected chi connectivity index (χ0v) is 12.2. The largest absolute Gasteiger partial charge is 0.368 e. The maximum atomic E-state index is 12.0. The second kappa shape index (κ2) is 8.15. The van der Waals surface area contributed by atoms with E-state index in [1.807, 2.05) is 13.8 Å². The molecular formula is C14H27N3O2. The van der Waals surface area contributed by atoms with Gasteiger partial charge < -0.3 is 16.0 Å². The average molecular weight is 269 g/mol. The molecule has 5 nitrogen and oxygen atoms in total. The molecule has 1 atom stereocenters. The summed E-state index contributed by atoms with van der Waals surface area (Å²) in [5, 5.41) is 3.27. The summed E-state index contributed by atoms with van der Waals surface area (Å²) < 4.78 is 0.